The van der Waals surface area contributed by atoms with E-state index in [1.54, 1.807) is 19.0 Å². The van der Waals surface area contributed by atoms with Crippen molar-refractivity contribution in [3.63, 3.8) is 0 Å². The summed E-state index contributed by atoms with van der Waals surface area (Å²) < 4.78 is 0. The topological polar surface area (TPSA) is 20.3 Å². The number of rotatable bonds is 1. The molecule has 0 atom stereocenters. The number of hydrogen-bond donors (Lipinski definition) is 0. The molecular formula is C10H13NO. The number of hydrogen-bond acceptors (Lipinski definition) is 1. The first-order chi connectivity index (χ1) is 5.72. The summed E-state index contributed by atoms with van der Waals surface area (Å²) in [6.07, 6.45) is 11.4. The molecule has 0 radical (unpaired) electrons. The van der Waals surface area contributed by atoms with Crippen molar-refractivity contribution in [3.05, 3.63) is 36.5 Å². The first-order valence-corrected chi connectivity index (χ1v) is 3.94. The maximum Gasteiger partial charge on any atom is 0.232 e. The molecular weight excluding hydrogens is 150 g/mol. The molecule has 0 saturated heterocycles. The fraction of sp³-hybridized carbons (Fsp3) is 0.300. The Morgan fingerprint density at radius 3 is 2.00 bits per heavy atom. The molecule has 0 fully saturated rings. The number of allylic oxidation sites excluding steroid dienone is 4. The lowest BCUT2D eigenvalue weighted by atomic mass is 10.1. The maximum absolute atomic E-state index is 11.4. The van der Waals surface area contributed by atoms with E-state index in [-0.39, 0.29) is 11.8 Å². The van der Waals surface area contributed by atoms with E-state index in [2.05, 4.69) is 0 Å². The van der Waals surface area contributed by atoms with Crippen molar-refractivity contribution in [1.29, 1.82) is 0 Å². The summed E-state index contributed by atoms with van der Waals surface area (Å²) in [7, 11) is 3.53. The van der Waals surface area contributed by atoms with Crippen LogP contribution in [0.25, 0.3) is 0 Å². The largest absolute Gasteiger partial charge is 0.348 e. The van der Waals surface area contributed by atoms with Gasteiger partial charge in [-0.05, 0) is 0 Å². The molecule has 0 aromatic carbocycles. The van der Waals surface area contributed by atoms with Crippen molar-refractivity contribution in [2.24, 2.45) is 5.92 Å². The average molecular weight is 163 g/mol. The van der Waals surface area contributed by atoms with Crippen molar-refractivity contribution in [2.45, 2.75) is 0 Å². The lowest BCUT2D eigenvalue weighted by molar-refractivity contribution is -0.130. The summed E-state index contributed by atoms with van der Waals surface area (Å²) in [6, 6.07) is 0. The van der Waals surface area contributed by atoms with Gasteiger partial charge in [0.1, 0.15) is 0 Å². The van der Waals surface area contributed by atoms with E-state index in [1.165, 1.54) is 0 Å². The van der Waals surface area contributed by atoms with Gasteiger partial charge in [-0.1, -0.05) is 36.5 Å². The van der Waals surface area contributed by atoms with Crippen LogP contribution in [0.2, 0.25) is 0 Å². The Balaban J connectivity index is 2.70. The van der Waals surface area contributed by atoms with Gasteiger partial charge >= 0.3 is 0 Å². The fourth-order valence-corrected chi connectivity index (χ4v) is 1.02. The lowest BCUT2D eigenvalue weighted by Crippen LogP contribution is -2.27. The Labute approximate surface area is 72.9 Å². The quantitative estimate of drug-likeness (QED) is 0.571. The van der Waals surface area contributed by atoms with Crippen LogP contribution in [-0.2, 0) is 4.79 Å². The molecule has 1 aliphatic carbocycles. The van der Waals surface area contributed by atoms with Gasteiger partial charge in [0.25, 0.3) is 0 Å². The molecule has 0 aromatic heterocycles. The molecule has 64 valence electrons. The minimum absolute atomic E-state index is 0.102. The van der Waals surface area contributed by atoms with Gasteiger partial charge in [-0.2, -0.15) is 0 Å². The summed E-state index contributed by atoms with van der Waals surface area (Å²) in [5, 5.41) is 0. The van der Waals surface area contributed by atoms with Gasteiger partial charge in [0.2, 0.25) is 5.91 Å². The monoisotopic (exact) mass is 163 g/mol. The molecule has 0 heterocycles. The molecule has 1 amide bonds. The van der Waals surface area contributed by atoms with E-state index >= 15 is 0 Å². The van der Waals surface area contributed by atoms with Crippen molar-refractivity contribution in [1.82, 2.24) is 4.90 Å². The van der Waals surface area contributed by atoms with Crippen LogP contribution in [0.5, 0.6) is 0 Å². The van der Waals surface area contributed by atoms with Crippen molar-refractivity contribution < 1.29 is 4.79 Å². The molecule has 0 bridgehead atoms. The summed E-state index contributed by atoms with van der Waals surface area (Å²) in [6.45, 7) is 0. The zero-order valence-corrected chi connectivity index (χ0v) is 7.40. The lowest BCUT2D eigenvalue weighted by Gasteiger charge is -2.13. The molecule has 1 rings (SSSR count). The van der Waals surface area contributed by atoms with Crippen LogP contribution in [0.3, 0.4) is 0 Å². The Morgan fingerprint density at radius 2 is 1.58 bits per heavy atom. The zero-order chi connectivity index (χ0) is 8.97. The molecule has 2 heteroatoms. The standard InChI is InChI=1S/C10H13NO/c1-11(2)10(12)9-7-5-3-4-6-8-9/h3-9H,1-2H3. The van der Waals surface area contributed by atoms with Gasteiger partial charge in [-0.3, -0.25) is 4.79 Å². The molecule has 0 spiro atoms. The summed E-state index contributed by atoms with van der Waals surface area (Å²) in [5.74, 6) is 0.0150. The first-order valence-electron chi connectivity index (χ1n) is 3.94. The second-order valence-electron chi connectivity index (χ2n) is 2.91. The SMILES string of the molecule is CN(C)C(=O)C1C=CC=CC=C1. The predicted molar refractivity (Wildman–Crippen MR) is 49.6 cm³/mol. The molecule has 1 aliphatic rings. The summed E-state index contributed by atoms with van der Waals surface area (Å²) >= 11 is 0. The van der Waals surface area contributed by atoms with Gasteiger partial charge in [0, 0.05) is 14.1 Å². The fourth-order valence-electron chi connectivity index (χ4n) is 1.02. The van der Waals surface area contributed by atoms with E-state index in [1.807, 2.05) is 36.5 Å². The number of carbonyl (C=O) groups is 1. The molecule has 0 aromatic rings. The van der Waals surface area contributed by atoms with Gasteiger partial charge in [0.15, 0.2) is 0 Å². The Kier molecular flexibility index (Phi) is 2.86. The van der Waals surface area contributed by atoms with E-state index in [4.69, 9.17) is 0 Å². The van der Waals surface area contributed by atoms with Gasteiger partial charge < -0.3 is 4.90 Å². The third-order valence-electron chi connectivity index (χ3n) is 1.70. The third-order valence-corrected chi connectivity index (χ3v) is 1.70. The third kappa shape index (κ3) is 2.09. The smallest absolute Gasteiger partial charge is 0.232 e. The minimum atomic E-state index is -0.102. The van der Waals surface area contributed by atoms with Gasteiger partial charge in [-0.25, -0.2) is 0 Å². The second kappa shape index (κ2) is 3.90. The maximum atomic E-state index is 11.4. The van der Waals surface area contributed by atoms with Crippen LogP contribution >= 0.6 is 0 Å². The van der Waals surface area contributed by atoms with Crippen molar-refractivity contribution >= 4 is 5.91 Å². The molecule has 0 unspecified atom stereocenters. The minimum Gasteiger partial charge on any atom is -0.348 e. The highest BCUT2D eigenvalue weighted by atomic mass is 16.2. The summed E-state index contributed by atoms with van der Waals surface area (Å²) in [4.78, 5) is 13.0. The van der Waals surface area contributed by atoms with Crippen LogP contribution in [0.15, 0.2) is 36.5 Å². The van der Waals surface area contributed by atoms with Crippen LogP contribution < -0.4 is 0 Å². The van der Waals surface area contributed by atoms with Gasteiger partial charge in [0.05, 0.1) is 5.92 Å². The normalized spacial score (nSPS) is 16.2. The molecule has 2 nitrogen and oxygen atoms in total. The van der Waals surface area contributed by atoms with Crippen LogP contribution in [0, 0.1) is 5.92 Å². The van der Waals surface area contributed by atoms with E-state index < -0.39 is 0 Å². The highest BCUT2D eigenvalue weighted by Crippen LogP contribution is 2.07. The van der Waals surface area contributed by atoms with Gasteiger partial charge in [-0.15, -0.1) is 0 Å². The molecule has 0 saturated carbocycles. The predicted octanol–water partition coefficient (Wildman–Crippen LogP) is 1.37. The second-order valence-corrected chi connectivity index (χ2v) is 2.91. The van der Waals surface area contributed by atoms with Crippen molar-refractivity contribution in [3.8, 4) is 0 Å². The average Bonchev–Trinajstić information content (AvgIpc) is 2.30. The van der Waals surface area contributed by atoms with Crippen LogP contribution in [-0.4, -0.2) is 24.9 Å². The van der Waals surface area contributed by atoms with Crippen LogP contribution in [0.4, 0.5) is 0 Å². The highest BCUT2D eigenvalue weighted by molar-refractivity contribution is 5.82. The molecule has 12 heavy (non-hydrogen) atoms. The zero-order valence-electron chi connectivity index (χ0n) is 7.40. The first kappa shape index (κ1) is 8.78. The van der Waals surface area contributed by atoms with E-state index in [0.29, 0.717) is 0 Å². The number of amides is 1. The van der Waals surface area contributed by atoms with E-state index in [9.17, 15) is 4.79 Å². The van der Waals surface area contributed by atoms with Crippen LogP contribution in [0.1, 0.15) is 0 Å². The molecule has 0 aliphatic heterocycles. The molecule has 0 N–H and O–H groups in total. The Morgan fingerprint density at radius 1 is 1.08 bits per heavy atom. The number of carbonyl (C=O) groups excluding carboxylic acids is 1. The Hall–Kier alpha value is -1.31. The Bertz CT molecular complexity index is 233. The number of nitrogens with zero attached hydrogens (tertiary/aromatic N) is 1. The van der Waals surface area contributed by atoms with E-state index in [0.717, 1.165) is 0 Å². The van der Waals surface area contributed by atoms with Crippen molar-refractivity contribution in [2.75, 3.05) is 14.1 Å². The highest BCUT2D eigenvalue weighted by Gasteiger charge is 2.13. The summed E-state index contributed by atoms with van der Waals surface area (Å²) in [5.41, 5.74) is 0.